The summed E-state index contributed by atoms with van der Waals surface area (Å²) in [6.07, 6.45) is 7.20. The lowest BCUT2D eigenvalue weighted by Crippen LogP contribution is -2.34. The summed E-state index contributed by atoms with van der Waals surface area (Å²) in [7, 11) is -6.95. The van der Waals surface area contributed by atoms with Gasteiger partial charge in [0.05, 0.1) is 43.1 Å². The summed E-state index contributed by atoms with van der Waals surface area (Å²) in [4.78, 5) is 13.3. The van der Waals surface area contributed by atoms with Crippen molar-refractivity contribution in [1.82, 2.24) is 9.97 Å². The molecule has 12 nitrogen and oxygen atoms in total. The molecule has 198 valence electrons. The fourth-order valence-corrected chi connectivity index (χ4v) is 5.92. The van der Waals surface area contributed by atoms with E-state index in [0.717, 1.165) is 47.4 Å². The van der Waals surface area contributed by atoms with E-state index in [0.29, 0.717) is 12.4 Å². The van der Waals surface area contributed by atoms with Gasteiger partial charge in [0, 0.05) is 29.4 Å². The van der Waals surface area contributed by atoms with Crippen LogP contribution in [0.1, 0.15) is 48.8 Å². The van der Waals surface area contributed by atoms with Gasteiger partial charge in [0.1, 0.15) is 6.33 Å². The Balaban J connectivity index is 0.000000308. The Morgan fingerprint density at radius 3 is 2.19 bits per heavy atom. The highest BCUT2D eigenvalue weighted by molar-refractivity contribution is 7.89. The minimum atomic E-state index is -4.30. The van der Waals surface area contributed by atoms with Crippen molar-refractivity contribution < 1.29 is 40.5 Å². The molecule has 2 aromatic rings. The highest BCUT2D eigenvalue weighted by Crippen LogP contribution is 2.44. The molecule has 14 heteroatoms. The van der Waals surface area contributed by atoms with Crippen molar-refractivity contribution in [3.8, 4) is 11.5 Å². The van der Waals surface area contributed by atoms with Gasteiger partial charge in [-0.1, -0.05) is 0 Å². The molecule has 0 bridgehead atoms. The summed E-state index contributed by atoms with van der Waals surface area (Å²) in [6, 6.07) is 4.21. The zero-order valence-corrected chi connectivity index (χ0v) is 21.4. The standard InChI is InChI=1S/C20H23N3O3.C2H6O6S2/c1-3-26-19-7-14-15-6-13(24)4-5-17(15)23-20(12-9-21-11-22-10-12)16(14)8-18(19)25-2;3-9(4,5)1-2-10(6,7)8/h7-11,13,15,17,24H,3-6H2,1-2H3;1-2H2,(H,3,4,5)(H,6,7,8)/t13-,15-,17-;/m1./s1. The van der Waals surface area contributed by atoms with Gasteiger partial charge in [-0.05, 0) is 43.9 Å². The van der Waals surface area contributed by atoms with Gasteiger partial charge in [-0.3, -0.25) is 14.1 Å². The van der Waals surface area contributed by atoms with Crippen molar-refractivity contribution in [2.45, 2.75) is 44.2 Å². The molecule has 0 radical (unpaired) electrons. The van der Waals surface area contributed by atoms with E-state index >= 15 is 0 Å². The number of nitrogens with zero attached hydrogens (tertiary/aromatic N) is 3. The zero-order valence-electron chi connectivity index (χ0n) is 19.8. The third kappa shape index (κ3) is 7.43. The van der Waals surface area contributed by atoms with Crippen LogP contribution in [0, 0.1) is 0 Å². The number of ether oxygens (including phenoxy) is 2. The average Bonchev–Trinajstić information content (AvgIpc) is 2.82. The topological polar surface area (TPSA) is 186 Å². The van der Waals surface area contributed by atoms with E-state index in [1.807, 2.05) is 13.0 Å². The number of benzene rings is 1. The maximum atomic E-state index is 10.2. The van der Waals surface area contributed by atoms with E-state index in [4.69, 9.17) is 23.6 Å². The highest BCUT2D eigenvalue weighted by Gasteiger charge is 2.37. The summed E-state index contributed by atoms with van der Waals surface area (Å²) < 4.78 is 66.7. The second-order valence-corrected chi connectivity index (χ2v) is 11.5. The van der Waals surface area contributed by atoms with E-state index in [-0.39, 0.29) is 18.1 Å². The van der Waals surface area contributed by atoms with Crippen LogP contribution in [0.5, 0.6) is 11.5 Å². The fraction of sp³-hybridized carbons (Fsp3) is 0.500. The molecule has 3 atom stereocenters. The van der Waals surface area contributed by atoms with Crippen LogP contribution in [0.3, 0.4) is 0 Å². The Morgan fingerprint density at radius 2 is 1.64 bits per heavy atom. The Bertz CT molecular complexity index is 1270. The van der Waals surface area contributed by atoms with Crippen LogP contribution in [-0.4, -0.2) is 84.1 Å². The van der Waals surface area contributed by atoms with Gasteiger partial charge in [-0.15, -0.1) is 0 Å². The van der Waals surface area contributed by atoms with Gasteiger partial charge in [0.2, 0.25) is 0 Å². The number of aliphatic hydroxyl groups excluding tert-OH is 1. The molecule has 2 heterocycles. The molecule has 1 aliphatic heterocycles. The zero-order chi connectivity index (χ0) is 26.5. The smallest absolute Gasteiger partial charge is 0.265 e. The largest absolute Gasteiger partial charge is 0.493 e. The van der Waals surface area contributed by atoms with Crippen molar-refractivity contribution in [3.05, 3.63) is 47.5 Å². The van der Waals surface area contributed by atoms with Crippen LogP contribution in [-0.2, 0) is 20.2 Å². The number of aliphatic imine (C=N–C) groups is 1. The Morgan fingerprint density at radius 1 is 1.00 bits per heavy atom. The Kier molecular flexibility index (Phi) is 9.00. The minimum absolute atomic E-state index is 0.156. The lowest BCUT2D eigenvalue weighted by atomic mass is 9.74. The molecule has 3 N–H and O–H groups in total. The SMILES string of the molecule is CCOc1cc2c(cc1OC)C(c1cncnc1)=N[C@@H]1CC[C@@H](O)C[C@H]21.O=S(=O)(O)CCS(=O)(=O)O. The predicted molar refractivity (Wildman–Crippen MR) is 131 cm³/mol. The van der Waals surface area contributed by atoms with Crippen LogP contribution in [0.25, 0.3) is 0 Å². The van der Waals surface area contributed by atoms with Gasteiger partial charge < -0.3 is 14.6 Å². The molecule has 0 saturated heterocycles. The average molecular weight is 544 g/mol. The molecule has 1 aliphatic carbocycles. The number of fused-ring (bicyclic) bond motifs is 3. The molecule has 4 rings (SSSR count). The highest BCUT2D eigenvalue weighted by atomic mass is 32.2. The molecule has 0 amide bonds. The first kappa shape index (κ1) is 27.9. The molecule has 1 aromatic heterocycles. The first-order valence-electron chi connectivity index (χ1n) is 11.2. The number of rotatable bonds is 7. The van der Waals surface area contributed by atoms with Crippen molar-refractivity contribution in [1.29, 1.82) is 0 Å². The van der Waals surface area contributed by atoms with Crippen LogP contribution in [0.2, 0.25) is 0 Å². The van der Waals surface area contributed by atoms with Crippen LogP contribution in [0.15, 0.2) is 35.8 Å². The van der Waals surface area contributed by atoms with E-state index in [2.05, 4.69) is 16.0 Å². The third-order valence-corrected chi connectivity index (χ3v) is 7.50. The molecule has 0 unspecified atom stereocenters. The lowest BCUT2D eigenvalue weighted by molar-refractivity contribution is 0.111. The van der Waals surface area contributed by atoms with Crippen molar-refractivity contribution in [2.75, 3.05) is 25.2 Å². The molecule has 0 spiro atoms. The fourth-order valence-electron chi connectivity index (χ4n) is 4.23. The molecule has 1 saturated carbocycles. The lowest BCUT2D eigenvalue weighted by Gasteiger charge is -2.37. The summed E-state index contributed by atoms with van der Waals surface area (Å²) in [5, 5.41) is 10.2. The van der Waals surface area contributed by atoms with Gasteiger partial charge in [0.25, 0.3) is 20.2 Å². The van der Waals surface area contributed by atoms with Gasteiger partial charge in [-0.25, -0.2) is 9.97 Å². The Hall–Kier alpha value is -2.65. The summed E-state index contributed by atoms with van der Waals surface area (Å²) in [6.45, 7) is 2.53. The maximum Gasteiger partial charge on any atom is 0.265 e. The first-order valence-corrected chi connectivity index (χ1v) is 14.4. The summed E-state index contributed by atoms with van der Waals surface area (Å²) in [5.74, 6) is -0.354. The molecule has 1 aromatic carbocycles. The molecule has 36 heavy (non-hydrogen) atoms. The Labute approximate surface area is 209 Å². The number of aromatic nitrogens is 2. The van der Waals surface area contributed by atoms with Crippen LogP contribution >= 0.6 is 0 Å². The molecule has 2 aliphatic rings. The van der Waals surface area contributed by atoms with E-state index in [9.17, 15) is 21.9 Å². The van der Waals surface area contributed by atoms with Gasteiger partial charge in [-0.2, -0.15) is 16.8 Å². The number of hydrogen-bond donors (Lipinski definition) is 3. The number of aliphatic hydroxyl groups is 1. The van der Waals surface area contributed by atoms with Crippen molar-refractivity contribution in [2.24, 2.45) is 4.99 Å². The van der Waals surface area contributed by atoms with E-state index in [1.54, 1.807) is 19.5 Å². The predicted octanol–water partition coefficient (Wildman–Crippen LogP) is 1.49. The van der Waals surface area contributed by atoms with E-state index in [1.165, 1.54) is 6.33 Å². The summed E-state index contributed by atoms with van der Waals surface area (Å²) >= 11 is 0. The quantitative estimate of drug-likeness (QED) is 0.430. The monoisotopic (exact) mass is 543 g/mol. The first-order chi connectivity index (χ1) is 16.9. The van der Waals surface area contributed by atoms with Gasteiger partial charge in [0.15, 0.2) is 11.5 Å². The van der Waals surface area contributed by atoms with Crippen molar-refractivity contribution >= 4 is 25.9 Å². The molecule has 1 fully saturated rings. The number of hydrogen-bond acceptors (Lipinski definition) is 10. The molecular weight excluding hydrogens is 514 g/mol. The van der Waals surface area contributed by atoms with Gasteiger partial charge >= 0.3 is 0 Å². The van der Waals surface area contributed by atoms with Crippen molar-refractivity contribution in [3.63, 3.8) is 0 Å². The third-order valence-electron chi connectivity index (χ3n) is 5.80. The second kappa shape index (κ2) is 11.6. The minimum Gasteiger partial charge on any atom is -0.493 e. The maximum absolute atomic E-state index is 10.2. The second-order valence-electron chi connectivity index (χ2n) is 8.34. The molecular formula is C22H29N3O9S2. The number of methoxy groups -OCH3 is 1. The van der Waals surface area contributed by atoms with Crippen LogP contribution < -0.4 is 9.47 Å². The normalized spacial score (nSPS) is 21.2. The summed E-state index contributed by atoms with van der Waals surface area (Å²) in [5.41, 5.74) is 3.95. The van der Waals surface area contributed by atoms with Crippen LogP contribution in [0.4, 0.5) is 0 Å². The van der Waals surface area contributed by atoms with E-state index < -0.39 is 31.7 Å².